The largest absolute Gasteiger partial charge is 0.340 e. The van der Waals surface area contributed by atoms with Gasteiger partial charge in [0.1, 0.15) is 4.90 Å². The van der Waals surface area contributed by atoms with Crippen LogP contribution in [-0.2, 0) is 26.2 Å². The molecule has 2 amide bonds. The summed E-state index contributed by atoms with van der Waals surface area (Å²) in [5, 5.41) is 4.86. The van der Waals surface area contributed by atoms with Crippen molar-refractivity contribution >= 4 is 39.1 Å². The molecular formula is C22H28ClN5O4S. The van der Waals surface area contributed by atoms with E-state index in [1.807, 2.05) is 6.92 Å². The topological polar surface area (TPSA) is 95.8 Å². The Kier molecular flexibility index (Phi) is 6.52. The molecule has 178 valence electrons. The lowest BCUT2D eigenvalue weighted by Crippen LogP contribution is -2.52. The monoisotopic (exact) mass is 493 g/mol. The number of carbonyl (C=O) groups excluding carboxylic acids is 2. The molecule has 1 aromatic heterocycles. The van der Waals surface area contributed by atoms with Crippen LogP contribution in [0.3, 0.4) is 0 Å². The highest BCUT2D eigenvalue weighted by atomic mass is 35.5. The molecule has 33 heavy (non-hydrogen) atoms. The van der Waals surface area contributed by atoms with Crippen molar-refractivity contribution in [2.75, 3.05) is 37.6 Å². The molecule has 3 heterocycles. The Morgan fingerprint density at radius 2 is 1.88 bits per heavy atom. The first-order valence-electron chi connectivity index (χ1n) is 11.0. The van der Waals surface area contributed by atoms with Gasteiger partial charge in [0, 0.05) is 56.4 Å². The van der Waals surface area contributed by atoms with Crippen LogP contribution in [0.15, 0.2) is 29.2 Å². The number of sulfonamides is 1. The van der Waals surface area contributed by atoms with E-state index in [9.17, 15) is 18.0 Å². The fraction of sp³-hybridized carbons (Fsp3) is 0.500. The summed E-state index contributed by atoms with van der Waals surface area (Å²) in [5.74, 6) is -0.682. The van der Waals surface area contributed by atoms with Crippen molar-refractivity contribution in [3.05, 3.63) is 40.7 Å². The van der Waals surface area contributed by atoms with Gasteiger partial charge in [0.2, 0.25) is 21.8 Å². The molecule has 0 bridgehead atoms. The third-order valence-corrected chi connectivity index (χ3v) is 8.74. The van der Waals surface area contributed by atoms with Gasteiger partial charge >= 0.3 is 0 Å². The van der Waals surface area contributed by atoms with Gasteiger partial charge in [-0.3, -0.25) is 14.3 Å². The lowest BCUT2D eigenvalue weighted by molar-refractivity contribution is -0.136. The van der Waals surface area contributed by atoms with Crippen LogP contribution >= 0.6 is 11.6 Å². The molecule has 2 fully saturated rings. The summed E-state index contributed by atoms with van der Waals surface area (Å²) in [6.45, 7) is 7.28. The molecule has 0 spiro atoms. The second-order valence-corrected chi connectivity index (χ2v) is 10.7. The Morgan fingerprint density at radius 3 is 2.48 bits per heavy atom. The minimum atomic E-state index is -3.70. The first-order chi connectivity index (χ1) is 15.6. The average molecular weight is 494 g/mol. The van der Waals surface area contributed by atoms with Gasteiger partial charge in [0.15, 0.2) is 0 Å². The predicted molar refractivity (Wildman–Crippen MR) is 125 cm³/mol. The van der Waals surface area contributed by atoms with Crippen LogP contribution < -0.4 is 4.90 Å². The number of carbonyl (C=O) groups is 2. The van der Waals surface area contributed by atoms with E-state index in [4.69, 9.17) is 11.6 Å². The number of rotatable bonds is 5. The van der Waals surface area contributed by atoms with E-state index < -0.39 is 15.9 Å². The Bertz CT molecular complexity index is 1190. The predicted octanol–water partition coefficient (Wildman–Crippen LogP) is 2.06. The summed E-state index contributed by atoms with van der Waals surface area (Å²) < 4.78 is 29.6. The molecule has 0 aliphatic carbocycles. The van der Waals surface area contributed by atoms with Crippen molar-refractivity contribution in [2.45, 2.75) is 38.6 Å². The van der Waals surface area contributed by atoms with Crippen LogP contribution in [0, 0.1) is 19.8 Å². The maximum Gasteiger partial charge on any atom is 0.246 e. The van der Waals surface area contributed by atoms with Gasteiger partial charge in [-0.15, -0.1) is 0 Å². The van der Waals surface area contributed by atoms with E-state index >= 15 is 0 Å². The molecule has 2 aliphatic heterocycles. The molecule has 2 aliphatic rings. The summed E-state index contributed by atoms with van der Waals surface area (Å²) in [5.41, 5.74) is 1.79. The van der Waals surface area contributed by atoms with E-state index in [-0.39, 0.29) is 36.2 Å². The molecule has 0 saturated carbocycles. The van der Waals surface area contributed by atoms with Crippen molar-refractivity contribution in [1.29, 1.82) is 0 Å². The van der Waals surface area contributed by atoms with Crippen LogP contribution in [0.25, 0.3) is 0 Å². The van der Waals surface area contributed by atoms with E-state index in [0.717, 1.165) is 0 Å². The van der Waals surface area contributed by atoms with Crippen molar-refractivity contribution in [1.82, 2.24) is 19.0 Å². The average Bonchev–Trinajstić information content (AvgIpc) is 3.32. The second kappa shape index (κ2) is 9.08. The molecule has 1 atom stereocenters. The third-order valence-electron chi connectivity index (χ3n) is 6.36. The highest BCUT2D eigenvalue weighted by molar-refractivity contribution is 7.89. The summed E-state index contributed by atoms with van der Waals surface area (Å²) in [7, 11) is -3.70. The first-order valence-corrected chi connectivity index (χ1v) is 12.8. The fourth-order valence-electron chi connectivity index (χ4n) is 4.66. The van der Waals surface area contributed by atoms with Crippen molar-refractivity contribution in [3.8, 4) is 0 Å². The van der Waals surface area contributed by atoms with Gasteiger partial charge in [-0.05, 0) is 39.0 Å². The zero-order valence-corrected chi connectivity index (χ0v) is 20.6. The highest BCUT2D eigenvalue weighted by Crippen LogP contribution is 2.29. The maximum atomic E-state index is 13.3. The van der Waals surface area contributed by atoms with Crippen molar-refractivity contribution in [3.63, 3.8) is 0 Å². The van der Waals surface area contributed by atoms with Gasteiger partial charge in [-0.25, -0.2) is 8.42 Å². The third kappa shape index (κ3) is 4.39. The van der Waals surface area contributed by atoms with Gasteiger partial charge in [0.05, 0.1) is 17.3 Å². The summed E-state index contributed by atoms with van der Waals surface area (Å²) in [4.78, 5) is 29.1. The number of aromatic nitrogens is 2. The number of halogens is 1. The molecule has 0 N–H and O–H groups in total. The van der Waals surface area contributed by atoms with Gasteiger partial charge < -0.3 is 9.80 Å². The molecule has 2 aromatic rings. The van der Waals surface area contributed by atoms with Crippen molar-refractivity contribution in [2.24, 2.45) is 5.92 Å². The molecule has 9 nitrogen and oxygen atoms in total. The number of piperazine rings is 1. The van der Waals surface area contributed by atoms with E-state index in [1.54, 1.807) is 52.6 Å². The molecular weight excluding hydrogens is 466 g/mol. The summed E-state index contributed by atoms with van der Waals surface area (Å²) >= 11 is 6.04. The number of nitrogens with zero attached hydrogens (tertiary/aromatic N) is 5. The molecule has 11 heteroatoms. The first kappa shape index (κ1) is 23.7. The standard InChI is InChI=1S/C22H28ClN5O4S/c1-4-28-16(3)21(15(2)24-28)33(31,32)26-10-8-25(9-11-26)22(30)17-12-20(29)27(14-17)19-7-5-6-18(23)13-19/h5-7,13,17H,4,8-12,14H2,1-3H3. The van der Waals surface area contributed by atoms with Gasteiger partial charge in [-0.2, -0.15) is 9.40 Å². The highest BCUT2D eigenvalue weighted by Gasteiger charge is 2.40. The van der Waals surface area contributed by atoms with E-state index in [1.165, 1.54) is 4.31 Å². The van der Waals surface area contributed by atoms with Crippen LogP contribution in [-0.4, -0.2) is 71.9 Å². The SMILES string of the molecule is CCn1nc(C)c(S(=O)(=O)N2CCN(C(=O)C3CC(=O)N(c4cccc(Cl)c4)C3)CC2)c1C. The molecule has 2 saturated heterocycles. The number of benzene rings is 1. The number of aryl methyl sites for hydroxylation is 2. The Morgan fingerprint density at radius 1 is 1.18 bits per heavy atom. The minimum Gasteiger partial charge on any atom is -0.340 e. The van der Waals surface area contributed by atoms with Crippen molar-refractivity contribution < 1.29 is 18.0 Å². The number of hydrogen-bond donors (Lipinski definition) is 0. The Hall–Kier alpha value is -2.43. The number of hydrogen-bond acceptors (Lipinski definition) is 5. The van der Waals surface area contributed by atoms with Crippen LogP contribution in [0.1, 0.15) is 24.7 Å². The quantitative estimate of drug-likeness (QED) is 0.635. The molecule has 0 radical (unpaired) electrons. The zero-order chi connectivity index (χ0) is 23.9. The lowest BCUT2D eigenvalue weighted by atomic mass is 10.1. The fourth-order valence-corrected chi connectivity index (χ4v) is 6.64. The maximum absolute atomic E-state index is 13.3. The molecule has 4 rings (SSSR count). The minimum absolute atomic E-state index is 0.115. The normalized spacial score (nSPS) is 20.0. The van der Waals surface area contributed by atoms with Gasteiger partial charge in [-0.1, -0.05) is 17.7 Å². The number of amides is 2. The summed E-state index contributed by atoms with van der Waals surface area (Å²) in [6, 6.07) is 7.01. The van der Waals surface area contributed by atoms with E-state index in [0.29, 0.717) is 48.3 Å². The molecule has 1 aromatic carbocycles. The summed E-state index contributed by atoms with van der Waals surface area (Å²) in [6.07, 6.45) is 0.137. The lowest BCUT2D eigenvalue weighted by Gasteiger charge is -2.35. The Balaban J connectivity index is 1.41. The van der Waals surface area contributed by atoms with E-state index in [2.05, 4.69) is 5.10 Å². The van der Waals surface area contributed by atoms with Crippen LogP contribution in [0.5, 0.6) is 0 Å². The second-order valence-electron chi connectivity index (χ2n) is 8.43. The Labute approximate surface area is 198 Å². The smallest absolute Gasteiger partial charge is 0.246 e. The van der Waals surface area contributed by atoms with Gasteiger partial charge in [0.25, 0.3) is 0 Å². The van der Waals surface area contributed by atoms with Crippen LogP contribution in [0.2, 0.25) is 5.02 Å². The van der Waals surface area contributed by atoms with Crippen LogP contribution in [0.4, 0.5) is 5.69 Å². The number of anilines is 1. The molecule has 1 unspecified atom stereocenters. The zero-order valence-electron chi connectivity index (χ0n) is 19.0.